The summed E-state index contributed by atoms with van der Waals surface area (Å²) in [5, 5.41) is 0. The molecule has 0 aromatic carbocycles. The van der Waals surface area contributed by atoms with E-state index in [1.165, 1.54) is 0 Å². The van der Waals surface area contributed by atoms with Crippen LogP contribution >= 0.6 is 0 Å². The Hall–Kier alpha value is 2.05. The topological polar surface area (TPSA) is 112 Å². The fourth-order valence-corrected chi connectivity index (χ4v) is 0. The van der Waals surface area contributed by atoms with Gasteiger partial charge in [-0.05, 0) is 0 Å². The maximum atomic E-state index is 8.71. The molecule has 109 valence electrons. The minimum absolute atomic E-state index is 0. The Morgan fingerprint density at radius 1 is 0.706 bits per heavy atom. The standard InChI is InChI=1S/C3H10GeO.2C3H9Ge.2H2O.O.V/c1-4(2,3)5;2*1-4(2)3;;;;/h5H,1-3H3;2*1-3H3;2*1H2;;/q;;;;;-2;+2. The van der Waals surface area contributed by atoms with E-state index in [1.807, 2.05) is 17.3 Å². The van der Waals surface area contributed by atoms with Gasteiger partial charge < -0.3 is 16.4 Å². The molecule has 0 saturated heterocycles. The summed E-state index contributed by atoms with van der Waals surface area (Å²) >= 11 is -2.67. The van der Waals surface area contributed by atoms with Crippen molar-refractivity contribution in [3.63, 3.8) is 0 Å². The summed E-state index contributed by atoms with van der Waals surface area (Å²) in [6.07, 6.45) is 0. The van der Waals surface area contributed by atoms with Crippen molar-refractivity contribution in [2.75, 3.05) is 0 Å². The molecule has 3 radical (unpaired) electrons. The molecule has 0 unspecified atom stereocenters. The largest absolute Gasteiger partial charge is 2.00 e. The molecule has 17 heavy (non-hydrogen) atoms. The van der Waals surface area contributed by atoms with Gasteiger partial charge in [-0.25, -0.2) is 0 Å². The summed E-state index contributed by atoms with van der Waals surface area (Å²) in [5.41, 5.74) is 0. The van der Waals surface area contributed by atoms with Gasteiger partial charge >= 0.3 is 117 Å². The molecule has 0 atom stereocenters. The van der Waals surface area contributed by atoms with Crippen molar-refractivity contribution >= 4 is 42.3 Å². The van der Waals surface area contributed by atoms with Gasteiger partial charge in [-0.1, -0.05) is 0 Å². The minimum Gasteiger partial charge on any atom is -2.00 e. The quantitative estimate of drug-likeness (QED) is 0.532. The summed E-state index contributed by atoms with van der Waals surface area (Å²) in [6.45, 7) is 0. The molecular formula is C9H32Ge3O4V. The van der Waals surface area contributed by atoms with E-state index in [0.29, 0.717) is 0 Å². The second-order valence-electron chi connectivity index (χ2n) is 5.17. The van der Waals surface area contributed by atoms with Crippen molar-refractivity contribution in [1.29, 1.82) is 0 Å². The minimum atomic E-state index is -2.00. The van der Waals surface area contributed by atoms with Crippen molar-refractivity contribution in [3.05, 3.63) is 0 Å². The number of rotatable bonds is 0. The van der Waals surface area contributed by atoms with Gasteiger partial charge in [0.25, 0.3) is 0 Å². The third-order valence-electron chi connectivity index (χ3n) is 0. The van der Waals surface area contributed by atoms with E-state index in [4.69, 9.17) is 4.13 Å². The van der Waals surface area contributed by atoms with Crippen LogP contribution in [0.15, 0.2) is 0 Å². The second kappa shape index (κ2) is 26.6. The molecule has 0 rings (SSSR count). The SMILES string of the molecule is O.O.[CH3][Ge]([CH3])([CH3])[OH].[CH3][Ge]([CH3])[CH3].[CH3][Ge]([CH3])[CH3].[O-2].[V+2]. The van der Waals surface area contributed by atoms with Crippen LogP contribution in [0.1, 0.15) is 0 Å². The van der Waals surface area contributed by atoms with Crippen LogP contribution in [0.2, 0.25) is 51.8 Å². The fraction of sp³-hybridized carbons (Fsp3) is 1.00. The van der Waals surface area contributed by atoms with E-state index in [-0.39, 0.29) is 63.7 Å². The van der Waals surface area contributed by atoms with Crippen LogP contribution in [0.5, 0.6) is 0 Å². The van der Waals surface area contributed by atoms with Crippen molar-refractivity contribution in [2.24, 2.45) is 0 Å². The van der Waals surface area contributed by atoms with Crippen molar-refractivity contribution in [1.82, 2.24) is 0 Å². The summed E-state index contributed by atoms with van der Waals surface area (Å²) in [4.78, 5) is 0. The molecule has 0 aromatic rings. The van der Waals surface area contributed by atoms with Gasteiger partial charge in [-0.2, -0.15) is 0 Å². The predicted molar refractivity (Wildman–Crippen MR) is 80.2 cm³/mol. The van der Waals surface area contributed by atoms with Crippen LogP contribution in [0.3, 0.4) is 0 Å². The molecule has 4 nitrogen and oxygen atoms in total. The Morgan fingerprint density at radius 3 is 0.706 bits per heavy atom. The van der Waals surface area contributed by atoms with Gasteiger partial charge in [0.2, 0.25) is 0 Å². The first-order valence-electron chi connectivity index (χ1n) is 4.72. The third kappa shape index (κ3) is 1100. The Balaban J connectivity index is -0.0000000159. The van der Waals surface area contributed by atoms with E-state index < -0.39 is 13.6 Å². The van der Waals surface area contributed by atoms with Gasteiger partial charge in [-0.3, -0.25) is 0 Å². The number of hydrogen-bond acceptors (Lipinski definition) is 1. The molecule has 0 aliphatic rings. The molecule has 0 aromatic heterocycles. The zero-order valence-corrected chi connectivity index (χ0v) is 20.5. The van der Waals surface area contributed by atoms with E-state index in [2.05, 4.69) is 34.5 Å². The molecule has 0 heterocycles. The fourth-order valence-electron chi connectivity index (χ4n) is 0. The Kier molecular flexibility index (Phi) is 66.8. The van der Waals surface area contributed by atoms with Gasteiger partial charge in [-0.15, -0.1) is 0 Å². The van der Waals surface area contributed by atoms with Crippen molar-refractivity contribution in [3.8, 4) is 0 Å². The first kappa shape index (κ1) is 42.7. The van der Waals surface area contributed by atoms with Crippen LogP contribution < -0.4 is 0 Å². The maximum absolute atomic E-state index is 8.71. The van der Waals surface area contributed by atoms with Gasteiger partial charge in [0, 0.05) is 0 Å². The van der Waals surface area contributed by atoms with Crippen molar-refractivity contribution < 1.29 is 39.1 Å². The average molecular weight is 473 g/mol. The van der Waals surface area contributed by atoms with E-state index in [0.717, 1.165) is 0 Å². The molecule has 0 aliphatic carbocycles. The van der Waals surface area contributed by atoms with E-state index in [1.54, 1.807) is 0 Å². The zero-order chi connectivity index (χ0) is 11.7. The van der Waals surface area contributed by atoms with Crippen LogP contribution in [0.4, 0.5) is 0 Å². The number of hydrogen-bond donors (Lipinski definition) is 1. The predicted octanol–water partition coefficient (Wildman–Crippen LogP) is 1.78. The van der Waals surface area contributed by atoms with Crippen LogP contribution in [0, 0.1) is 0 Å². The van der Waals surface area contributed by atoms with Gasteiger partial charge in [0.15, 0.2) is 0 Å². The zero-order valence-electron chi connectivity index (χ0n) is 12.8. The summed E-state index contributed by atoms with van der Waals surface area (Å²) in [5.74, 6) is 19.8. The molecular weight excluding hydrogens is 441 g/mol. The maximum Gasteiger partial charge on any atom is 2.00 e. The molecule has 0 aliphatic heterocycles. The Labute approximate surface area is 132 Å². The van der Waals surface area contributed by atoms with Crippen LogP contribution in [0.25, 0.3) is 0 Å². The molecule has 5 N–H and O–H groups in total. The Morgan fingerprint density at radius 2 is 0.706 bits per heavy atom. The van der Waals surface area contributed by atoms with Crippen LogP contribution in [-0.4, -0.2) is 57.4 Å². The monoisotopic (exact) mass is 477 g/mol. The van der Waals surface area contributed by atoms with Gasteiger partial charge in [0.05, 0.1) is 0 Å². The van der Waals surface area contributed by atoms with Crippen LogP contribution in [-0.2, 0) is 24.0 Å². The third-order valence-corrected chi connectivity index (χ3v) is 0. The first-order valence-corrected chi connectivity index (χ1v) is 24.5. The molecule has 0 fully saturated rings. The summed E-state index contributed by atoms with van der Waals surface area (Å²) in [6, 6.07) is 0. The van der Waals surface area contributed by atoms with Crippen molar-refractivity contribution in [2.45, 2.75) is 51.8 Å². The molecule has 0 spiro atoms. The smallest absolute Gasteiger partial charge is 2.00 e. The van der Waals surface area contributed by atoms with E-state index >= 15 is 0 Å². The van der Waals surface area contributed by atoms with E-state index in [9.17, 15) is 0 Å². The second-order valence-corrected chi connectivity index (χ2v) is 26.9. The first-order chi connectivity index (χ1) is 5.46. The Bertz CT molecular complexity index is 83.2. The molecule has 0 saturated carbocycles. The summed E-state index contributed by atoms with van der Waals surface area (Å²) in [7, 11) is 0. The molecule has 0 amide bonds. The molecule has 8 heteroatoms. The van der Waals surface area contributed by atoms with Gasteiger partial charge in [0.1, 0.15) is 0 Å². The normalized spacial score (nSPS) is 7.76. The molecule has 0 bridgehead atoms. The summed E-state index contributed by atoms with van der Waals surface area (Å²) < 4.78 is 8.71. The average Bonchev–Trinajstić information content (AvgIpc) is 1.50.